The van der Waals surface area contributed by atoms with Crippen LogP contribution < -0.4 is 53.1 Å². The monoisotopic (exact) mass is 1630 g/mol. The van der Waals surface area contributed by atoms with Gasteiger partial charge >= 0.3 is 11.4 Å². The molecule has 6 atom stereocenters. The van der Waals surface area contributed by atoms with Crippen LogP contribution in [0, 0.1) is 35.5 Å². The molecular weight excluding hydrogens is 1540 g/mol. The molecule has 6 aliphatic heterocycles. The third kappa shape index (κ3) is 16.5. The average Bonchev–Trinajstić information content (AvgIpc) is 1.61. The number of morpholine rings is 2. The van der Waals surface area contributed by atoms with E-state index in [0.717, 1.165) is 128 Å². The highest BCUT2D eigenvalue weighted by Crippen LogP contribution is 2.40. The van der Waals surface area contributed by atoms with Crippen LogP contribution in [-0.2, 0) is 42.7 Å². The van der Waals surface area contributed by atoms with Gasteiger partial charge < -0.3 is 40.5 Å². The van der Waals surface area contributed by atoms with Crippen molar-refractivity contribution in [3.63, 3.8) is 0 Å². The van der Waals surface area contributed by atoms with Crippen molar-refractivity contribution in [2.75, 3.05) is 72.9 Å². The number of halogens is 4. The molecule has 8 aromatic heterocycles. The molecule has 6 saturated heterocycles. The summed E-state index contributed by atoms with van der Waals surface area (Å²) in [6.45, 7) is 5.97. The second-order valence-corrected chi connectivity index (χ2v) is 31.8. The molecule has 10 aromatic rings. The van der Waals surface area contributed by atoms with E-state index in [1.807, 2.05) is 36.4 Å². The first-order chi connectivity index (χ1) is 57.2. The molecule has 2 saturated carbocycles. The summed E-state index contributed by atoms with van der Waals surface area (Å²) < 4.78 is 80.4. The van der Waals surface area contributed by atoms with E-state index >= 15 is 0 Å². The number of piperidine rings is 2. The number of nitrogens with one attached hydrogen (secondary N) is 6. The minimum Gasteiger partial charge on any atom is -0.374 e. The van der Waals surface area contributed by atoms with Crippen molar-refractivity contribution in [3.8, 4) is 23.7 Å². The van der Waals surface area contributed by atoms with Crippen molar-refractivity contribution >= 4 is 91.8 Å². The number of nitrogens with zero attached hydrogens (tertiary/aromatic N) is 16. The van der Waals surface area contributed by atoms with Crippen molar-refractivity contribution in [1.29, 1.82) is 0 Å². The maximum absolute atomic E-state index is 14.2. The Morgan fingerprint density at radius 1 is 0.555 bits per heavy atom. The van der Waals surface area contributed by atoms with E-state index in [0.29, 0.717) is 82.4 Å². The molecule has 2 unspecified atom stereocenters. The topological polar surface area (TPSA) is 349 Å². The van der Waals surface area contributed by atoms with Crippen molar-refractivity contribution in [2.45, 2.75) is 184 Å². The number of imide groups is 2. The van der Waals surface area contributed by atoms with Crippen LogP contribution in [0.5, 0.6) is 0 Å². The molecule has 624 valence electrons. The van der Waals surface area contributed by atoms with Crippen molar-refractivity contribution in [3.05, 3.63) is 140 Å². The Bertz CT molecular complexity index is 5470. The number of fused-ring (bicyclic) bond motifs is 8. The van der Waals surface area contributed by atoms with Gasteiger partial charge in [-0.1, -0.05) is 43.2 Å². The molecule has 8 fully saturated rings. The summed E-state index contributed by atoms with van der Waals surface area (Å²) in [6, 6.07) is 13.5. The van der Waals surface area contributed by atoms with Gasteiger partial charge in [-0.25, -0.2) is 46.1 Å². The largest absolute Gasteiger partial charge is 0.374 e. The maximum atomic E-state index is 14.2. The van der Waals surface area contributed by atoms with E-state index in [1.54, 1.807) is 48.0 Å². The van der Waals surface area contributed by atoms with Gasteiger partial charge in [0.05, 0.1) is 107 Å². The number of unbranched alkanes of at least 4 members (excludes halogenated alkanes) is 2. The Morgan fingerprint density at radius 2 is 0.975 bits per heavy atom. The number of aromatic nitrogens is 14. The van der Waals surface area contributed by atoms with Gasteiger partial charge in [-0.3, -0.25) is 67.0 Å². The number of para-hydroxylation sites is 2. The molecule has 0 spiro atoms. The van der Waals surface area contributed by atoms with E-state index in [9.17, 15) is 55.9 Å². The van der Waals surface area contributed by atoms with Gasteiger partial charge in [0.25, 0.3) is 24.7 Å². The summed E-state index contributed by atoms with van der Waals surface area (Å²) in [7, 11) is 3.32. The first-order valence-electron chi connectivity index (χ1n) is 40.5. The molecular formula is C83H94F4N22O10. The third-order valence-electron chi connectivity index (χ3n) is 24.3. The van der Waals surface area contributed by atoms with Crippen LogP contribution in [0.4, 0.5) is 40.6 Å². The molecule has 8 aliphatic rings. The first-order valence-corrected chi connectivity index (χ1v) is 40.5. The second-order valence-electron chi connectivity index (χ2n) is 31.8. The van der Waals surface area contributed by atoms with Crippen LogP contribution in [0.3, 0.4) is 0 Å². The number of hydrogen-bond donors (Lipinski definition) is 6. The summed E-state index contributed by atoms with van der Waals surface area (Å²) in [4.78, 5) is 116. The van der Waals surface area contributed by atoms with E-state index in [-0.39, 0.29) is 115 Å². The van der Waals surface area contributed by atoms with Gasteiger partial charge in [0, 0.05) is 77.7 Å². The van der Waals surface area contributed by atoms with Gasteiger partial charge in [0.1, 0.15) is 34.8 Å². The molecule has 6 amide bonds. The molecule has 36 heteroatoms. The fourth-order valence-corrected chi connectivity index (χ4v) is 18.1. The molecule has 4 bridgehead atoms. The van der Waals surface area contributed by atoms with Crippen LogP contribution >= 0.6 is 0 Å². The standard InChI is InChI=1S/2C41H45F2N11O5.CH4/c2*1-50-36-25(7-5-8-31(36)54(41(50)58)32-13-14-34(55)48-40(32)57)6-3-2-4-16-44-19-24-9-11-26(12-10-24)53-22-30(35(49-53)37(42)43)46-39(56)29-20-45-52-17-15-33(47-38(29)52)51-21-28-18-27(51)23-59-28;/h2*5,7-8,15,17,20,22,24,26-28,32,37,44H,2,4,9-14,16,18-19,21,23H2,1H3,(H,46,56)(H,48,55,57);1H4/t2*24?,26?,27-,28-,32?;/m11./s1. The molecule has 6 N–H and O–H groups in total. The Kier molecular flexibility index (Phi) is 23.5. The molecule has 18 rings (SSSR count). The van der Waals surface area contributed by atoms with Gasteiger partial charge in [-0.15, -0.1) is 0 Å². The van der Waals surface area contributed by atoms with E-state index < -0.39 is 60.0 Å². The van der Waals surface area contributed by atoms with Gasteiger partial charge in [-0.05, 0) is 164 Å². The van der Waals surface area contributed by atoms with E-state index in [2.05, 4.69) is 85.8 Å². The number of alkyl halides is 4. The number of carbonyl (C=O) groups excluding carboxylic acids is 6. The number of anilines is 4. The van der Waals surface area contributed by atoms with Crippen molar-refractivity contribution in [2.24, 2.45) is 25.9 Å². The predicted molar refractivity (Wildman–Crippen MR) is 431 cm³/mol. The lowest BCUT2D eigenvalue weighted by Crippen LogP contribution is -2.44. The number of rotatable bonds is 22. The number of hydrogen-bond acceptors (Lipinski definition) is 20. The van der Waals surface area contributed by atoms with Crippen LogP contribution in [0.2, 0.25) is 0 Å². The zero-order chi connectivity index (χ0) is 81.6. The lowest BCUT2D eigenvalue weighted by molar-refractivity contribution is -0.137. The molecule has 14 heterocycles. The number of aryl methyl sites for hydroxylation is 2. The number of ether oxygens (including phenoxy) is 2. The molecule has 119 heavy (non-hydrogen) atoms. The fraction of sp³-hybridized carbons (Fsp3) is 0.494. The Hall–Kier alpha value is -11.9. The Balaban J connectivity index is 0.000000176. The molecule has 2 aliphatic carbocycles. The smallest absolute Gasteiger partial charge is 0.329 e. The van der Waals surface area contributed by atoms with Crippen LogP contribution in [-0.4, -0.2) is 179 Å². The number of benzene rings is 2. The highest BCUT2D eigenvalue weighted by atomic mass is 19.3. The average molecular weight is 1640 g/mol. The van der Waals surface area contributed by atoms with Crippen LogP contribution in [0.1, 0.15) is 203 Å². The highest BCUT2D eigenvalue weighted by Gasteiger charge is 2.42. The summed E-state index contributed by atoms with van der Waals surface area (Å²) >= 11 is 0. The Morgan fingerprint density at radius 3 is 1.35 bits per heavy atom. The lowest BCUT2D eigenvalue weighted by atomic mass is 9.86. The predicted octanol–water partition coefficient (Wildman–Crippen LogP) is 8.39. The van der Waals surface area contributed by atoms with Gasteiger partial charge in [-0.2, -0.15) is 20.4 Å². The lowest BCUT2D eigenvalue weighted by Gasteiger charge is -2.28. The first kappa shape index (κ1) is 80.9. The van der Waals surface area contributed by atoms with Gasteiger partial charge in [0.15, 0.2) is 22.7 Å². The third-order valence-corrected chi connectivity index (χ3v) is 24.3. The SMILES string of the molecule is C.Cn1c(=O)n(C2CCC(=O)NC2=O)c2cccc(C#CCCCNCC3CCC(n4cc(NC(=O)c5cnn6ccc(N7C[C@H]8C[C@@H]7CO8)nc56)c(C(F)F)n4)CC3)c21.Cn1c(=O)n(C2CCC(=O)NC2=O)c2cccc(C#CCCCNCC3CCC(n4cc(NC(=O)c5cnn6ccc(N7C[C@H]8C[C@@H]7CO8)nc56)c(C(F)F)n4)CC3)c21. The zero-order valence-corrected chi connectivity index (χ0v) is 65.1. The Labute approximate surface area is 680 Å². The summed E-state index contributed by atoms with van der Waals surface area (Å²) in [5.41, 5.74) is 3.35. The number of amides is 6. The fourth-order valence-electron chi connectivity index (χ4n) is 18.1. The zero-order valence-electron chi connectivity index (χ0n) is 65.1. The molecule has 2 aromatic carbocycles. The summed E-state index contributed by atoms with van der Waals surface area (Å²) in [5, 5.41) is 34.1. The molecule has 0 radical (unpaired) electrons. The van der Waals surface area contributed by atoms with Crippen LogP contribution in [0.15, 0.2) is 95.3 Å². The normalized spacial score (nSPS) is 22.8. The van der Waals surface area contributed by atoms with Crippen molar-refractivity contribution in [1.82, 2.24) is 88.3 Å². The minimum atomic E-state index is -2.87. The van der Waals surface area contributed by atoms with Crippen molar-refractivity contribution < 1.29 is 55.8 Å². The number of imidazole rings is 2. The quantitative estimate of drug-likeness (QED) is 0.0160. The second kappa shape index (κ2) is 34.6. The minimum absolute atomic E-state index is 0. The van der Waals surface area contributed by atoms with E-state index in [4.69, 9.17) is 19.4 Å². The van der Waals surface area contributed by atoms with E-state index in [1.165, 1.54) is 52.1 Å². The molecule has 32 nitrogen and oxygen atoms in total. The maximum Gasteiger partial charge on any atom is 0.329 e. The van der Waals surface area contributed by atoms with Gasteiger partial charge in [0.2, 0.25) is 23.6 Å². The highest BCUT2D eigenvalue weighted by molar-refractivity contribution is 6.09. The summed E-state index contributed by atoms with van der Waals surface area (Å²) in [5.74, 6) is 12.4. The number of carbonyl (C=O) groups is 6. The summed E-state index contributed by atoms with van der Waals surface area (Å²) in [6.07, 6.45) is 16.4. The van der Waals surface area contributed by atoms with Crippen LogP contribution in [0.25, 0.3) is 33.4 Å².